The van der Waals surface area contributed by atoms with Crippen molar-refractivity contribution in [3.63, 3.8) is 0 Å². The Balaban J connectivity index is 1.52. The van der Waals surface area contributed by atoms with Crippen LogP contribution in [0.1, 0.15) is 48.3 Å². The number of aromatic nitrogens is 2. The van der Waals surface area contributed by atoms with Gasteiger partial charge in [0.05, 0.1) is 18.4 Å². The topological polar surface area (TPSA) is 92.3 Å². The Morgan fingerprint density at radius 1 is 1.28 bits per heavy atom. The van der Waals surface area contributed by atoms with Crippen molar-refractivity contribution in [3.05, 3.63) is 65.0 Å². The molecule has 2 aromatic rings. The molecule has 1 aliphatic carbocycles. The molecule has 2 atom stereocenters. The second kappa shape index (κ2) is 8.23. The number of sulfone groups is 1. The molecule has 1 saturated carbocycles. The Hall–Kier alpha value is -2.88. The summed E-state index contributed by atoms with van der Waals surface area (Å²) in [7, 11) is -3.29. The maximum Gasteiger partial charge on any atom is 0.271 e. The van der Waals surface area contributed by atoms with E-state index >= 15 is 0 Å². The lowest BCUT2D eigenvalue weighted by molar-refractivity contribution is 0.0941. The van der Waals surface area contributed by atoms with E-state index in [1.807, 2.05) is 4.90 Å². The fraction of sp³-hybridized carbons (Fsp3) is 0.409. The molecule has 170 valence electrons. The summed E-state index contributed by atoms with van der Waals surface area (Å²) in [5, 5.41) is 3.66. The van der Waals surface area contributed by atoms with Gasteiger partial charge in [0.25, 0.3) is 5.91 Å². The summed E-state index contributed by atoms with van der Waals surface area (Å²) in [6.07, 6.45) is 7.99. The van der Waals surface area contributed by atoms with Gasteiger partial charge < -0.3 is 10.2 Å². The standard InChI is InChI=1S/C22H24F2N4O3S/c1-14(6-9-32(2,30)31)27-21(29)17-11-26-19(12-25-17)28-13-22(7-8-22)10-18(28)15-4-3-5-16(23)20(15)24/h3-6,9,11-12,14,18H,7-8,10,13H2,1-2H3,(H,27,29)/b9-6+/t14-,18?/m1/s1. The number of carbonyl (C=O) groups excluding carboxylic acids is 1. The summed E-state index contributed by atoms with van der Waals surface area (Å²) in [6.45, 7) is 2.31. The zero-order valence-corrected chi connectivity index (χ0v) is 18.6. The van der Waals surface area contributed by atoms with E-state index in [9.17, 15) is 22.0 Å². The smallest absolute Gasteiger partial charge is 0.271 e. The zero-order chi connectivity index (χ0) is 23.1. The average Bonchev–Trinajstić information content (AvgIpc) is 3.39. The number of hydrogen-bond acceptors (Lipinski definition) is 6. The molecule has 1 amide bonds. The van der Waals surface area contributed by atoms with Crippen LogP contribution < -0.4 is 10.2 Å². The molecule has 10 heteroatoms. The fourth-order valence-electron chi connectivity index (χ4n) is 4.07. The SMILES string of the molecule is C[C@H](/C=C/S(C)(=O)=O)NC(=O)c1cnc(N2CC3(CC3)CC2c2cccc(F)c2F)cn1. The Bertz CT molecular complexity index is 1160. The van der Waals surface area contributed by atoms with E-state index in [2.05, 4.69) is 15.3 Å². The van der Waals surface area contributed by atoms with Gasteiger partial charge in [-0.2, -0.15) is 0 Å². The first-order valence-corrected chi connectivity index (χ1v) is 12.2. The van der Waals surface area contributed by atoms with Gasteiger partial charge in [-0.3, -0.25) is 4.79 Å². The number of carbonyl (C=O) groups is 1. The Kier molecular flexibility index (Phi) is 5.74. The van der Waals surface area contributed by atoms with Gasteiger partial charge in [0.15, 0.2) is 21.5 Å². The van der Waals surface area contributed by atoms with Crippen LogP contribution >= 0.6 is 0 Å². The van der Waals surface area contributed by atoms with Crippen molar-refractivity contribution < 1.29 is 22.0 Å². The van der Waals surface area contributed by atoms with Crippen LogP contribution in [-0.4, -0.2) is 43.1 Å². The van der Waals surface area contributed by atoms with Crippen LogP contribution in [0.15, 0.2) is 42.1 Å². The maximum absolute atomic E-state index is 14.5. The number of anilines is 1. The highest BCUT2D eigenvalue weighted by molar-refractivity contribution is 7.93. The van der Waals surface area contributed by atoms with E-state index in [4.69, 9.17) is 0 Å². The van der Waals surface area contributed by atoms with Crippen LogP contribution in [0.25, 0.3) is 0 Å². The molecule has 2 aliphatic rings. The first kappa shape index (κ1) is 22.3. The van der Waals surface area contributed by atoms with Crippen molar-refractivity contribution >= 4 is 21.6 Å². The van der Waals surface area contributed by atoms with E-state index in [0.717, 1.165) is 30.6 Å². The first-order valence-electron chi connectivity index (χ1n) is 10.3. The van der Waals surface area contributed by atoms with Gasteiger partial charge in [0.1, 0.15) is 11.5 Å². The molecule has 1 spiro atoms. The normalized spacial score (nSPS) is 20.6. The van der Waals surface area contributed by atoms with Crippen molar-refractivity contribution in [1.29, 1.82) is 0 Å². The molecular formula is C22H24F2N4O3S. The summed E-state index contributed by atoms with van der Waals surface area (Å²) < 4.78 is 50.7. The number of halogens is 2. The van der Waals surface area contributed by atoms with Crippen molar-refractivity contribution in [1.82, 2.24) is 15.3 Å². The van der Waals surface area contributed by atoms with E-state index in [0.29, 0.717) is 24.3 Å². The molecule has 1 saturated heterocycles. The van der Waals surface area contributed by atoms with Gasteiger partial charge in [0.2, 0.25) is 0 Å². The Morgan fingerprint density at radius 2 is 2.03 bits per heavy atom. The van der Waals surface area contributed by atoms with Gasteiger partial charge in [-0.1, -0.05) is 18.2 Å². The van der Waals surface area contributed by atoms with Gasteiger partial charge in [-0.25, -0.2) is 27.2 Å². The Labute approximate surface area is 185 Å². The third kappa shape index (κ3) is 4.79. The van der Waals surface area contributed by atoms with Crippen molar-refractivity contribution in [2.75, 3.05) is 17.7 Å². The lowest BCUT2D eigenvalue weighted by Gasteiger charge is -2.26. The third-order valence-corrected chi connectivity index (χ3v) is 6.60. The summed E-state index contributed by atoms with van der Waals surface area (Å²) >= 11 is 0. The first-order chi connectivity index (χ1) is 15.1. The third-order valence-electron chi connectivity index (χ3n) is 5.94. The highest BCUT2D eigenvalue weighted by Crippen LogP contribution is 2.59. The molecule has 1 aliphatic heterocycles. The molecule has 0 bridgehead atoms. The predicted molar refractivity (Wildman–Crippen MR) is 116 cm³/mol. The largest absolute Gasteiger partial charge is 0.348 e. The van der Waals surface area contributed by atoms with Crippen molar-refractivity contribution in [3.8, 4) is 0 Å². The second-order valence-electron chi connectivity index (χ2n) is 8.67. The van der Waals surface area contributed by atoms with Crippen LogP contribution in [0.4, 0.5) is 14.6 Å². The quantitative estimate of drug-likeness (QED) is 0.709. The van der Waals surface area contributed by atoms with E-state index in [1.165, 1.54) is 24.5 Å². The number of nitrogens with one attached hydrogen (secondary N) is 1. The molecule has 1 aromatic heterocycles. The minimum absolute atomic E-state index is 0.0715. The number of rotatable bonds is 6. The summed E-state index contributed by atoms with van der Waals surface area (Å²) in [5.41, 5.74) is 0.453. The predicted octanol–water partition coefficient (Wildman–Crippen LogP) is 3.16. The van der Waals surface area contributed by atoms with Crippen LogP contribution in [0.2, 0.25) is 0 Å². The van der Waals surface area contributed by atoms with Gasteiger partial charge in [-0.15, -0.1) is 0 Å². The van der Waals surface area contributed by atoms with E-state index in [1.54, 1.807) is 13.0 Å². The number of amides is 1. The van der Waals surface area contributed by atoms with Crippen molar-refractivity contribution in [2.45, 2.75) is 38.3 Å². The lowest BCUT2D eigenvalue weighted by Crippen LogP contribution is -2.32. The van der Waals surface area contributed by atoms with E-state index < -0.39 is 33.4 Å². The van der Waals surface area contributed by atoms with Crippen LogP contribution in [0.5, 0.6) is 0 Å². The summed E-state index contributed by atoms with van der Waals surface area (Å²) in [6, 6.07) is 3.32. The highest BCUT2D eigenvalue weighted by atomic mass is 32.2. The Morgan fingerprint density at radius 3 is 2.66 bits per heavy atom. The van der Waals surface area contributed by atoms with Crippen LogP contribution in [0, 0.1) is 17.0 Å². The average molecular weight is 463 g/mol. The van der Waals surface area contributed by atoms with Crippen LogP contribution in [-0.2, 0) is 9.84 Å². The molecule has 7 nitrogen and oxygen atoms in total. The fourth-order valence-corrected chi connectivity index (χ4v) is 4.59. The minimum Gasteiger partial charge on any atom is -0.348 e. The van der Waals surface area contributed by atoms with Gasteiger partial charge in [0, 0.05) is 29.8 Å². The summed E-state index contributed by atoms with van der Waals surface area (Å²) in [4.78, 5) is 22.9. The lowest BCUT2D eigenvalue weighted by atomic mass is 9.97. The molecule has 1 N–H and O–H groups in total. The summed E-state index contributed by atoms with van der Waals surface area (Å²) in [5.74, 6) is -1.73. The maximum atomic E-state index is 14.5. The highest BCUT2D eigenvalue weighted by Gasteiger charge is 2.53. The molecule has 32 heavy (non-hydrogen) atoms. The molecule has 0 radical (unpaired) electrons. The second-order valence-corrected chi connectivity index (χ2v) is 10.6. The molecule has 1 aromatic carbocycles. The molecule has 4 rings (SSSR count). The molecule has 2 fully saturated rings. The van der Waals surface area contributed by atoms with Crippen molar-refractivity contribution in [2.24, 2.45) is 5.41 Å². The monoisotopic (exact) mass is 462 g/mol. The minimum atomic E-state index is -3.29. The van der Waals surface area contributed by atoms with Gasteiger partial charge in [-0.05, 0) is 37.7 Å². The number of hydrogen-bond donors (Lipinski definition) is 1. The molecular weight excluding hydrogens is 438 g/mol. The zero-order valence-electron chi connectivity index (χ0n) is 17.8. The molecule has 2 heterocycles. The number of nitrogens with zero attached hydrogens (tertiary/aromatic N) is 3. The van der Waals surface area contributed by atoms with Crippen LogP contribution in [0.3, 0.4) is 0 Å². The van der Waals surface area contributed by atoms with Gasteiger partial charge >= 0.3 is 0 Å². The molecule has 1 unspecified atom stereocenters. The number of benzene rings is 1. The van der Waals surface area contributed by atoms with E-state index in [-0.39, 0.29) is 17.2 Å².